The van der Waals surface area contributed by atoms with Gasteiger partial charge in [0.2, 0.25) is 0 Å². The second-order valence-corrected chi connectivity index (χ2v) is 10.1. The number of thiophene rings is 2. The Hall–Kier alpha value is -2.77. The summed E-state index contributed by atoms with van der Waals surface area (Å²) in [6.07, 6.45) is 4.28. The van der Waals surface area contributed by atoms with E-state index < -0.39 is 0 Å². The van der Waals surface area contributed by atoms with Crippen LogP contribution in [-0.2, 0) is 25.9 Å². The maximum absolute atomic E-state index is 13.4. The van der Waals surface area contributed by atoms with Gasteiger partial charge in [-0.1, -0.05) is 24.3 Å². The number of hydrogen-bond donors (Lipinski definition) is 1. The normalized spacial score (nSPS) is 13.3. The number of benzene rings is 1. The first-order valence-electron chi connectivity index (χ1n) is 10.5. The SMILES string of the molecule is Cc1ccccc1C(=O)N(Cc1nc2sc3c(c2c(=O)[nH]1)CCCC3)Cc1cccs1. The van der Waals surface area contributed by atoms with Gasteiger partial charge in [-0.3, -0.25) is 9.59 Å². The Morgan fingerprint density at radius 2 is 1.97 bits per heavy atom. The fourth-order valence-electron chi connectivity index (χ4n) is 4.24. The minimum Gasteiger partial charge on any atom is -0.326 e. The lowest BCUT2D eigenvalue weighted by atomic mass is 9.97. The molecule has 0 radical (unpaired) electrons. The van der Waals surface area contributed by atoms with Gasteiger partial charge in [0.05, 0.1) is 18.5 Å². The summed E-state index contributed by atoms with van der Waals surface area (Å²) in [4.78, 5) is 39.1. The van der Waals surface area contributed by atoms with Crippen LogP contribution in [0.4, 0.5) is 0 Å². The predicted molar refractivity (Wildman–Crippen MR) is 126 cm³/mol. The molecule has 31 heavy (non-hydrogen) atoms. The molecule has 1 amide bonds. The molecule has 0 spiro atoms. The van der Waals surface area contributed by atoms with Crippen molar-refractivity contribution in [3.05, 3.63) is 84.4 Å². The van der Waals surface area contributed by atoms with E-state index in [9.17, 15) is 9.59 Å². The molecule has 0 atom stereocenters. The number of amides is 1. The molecular weight excluding hydrogens is 426 g/mol. The summed E-state index contributed by atoms with van der Waals surface area (Å²) >= 11 is 3.25. The lowest BCUT2D eigenvalue weighted by Crippen LogP contribution is -2.32. The Morgan fingerprint density at radius 3 is 2.77 bits per heavy atom. The number of hydrogen-bond acceptors (Lipinski definition) is 5. The molecule has 0 unspecified atom stereocenters. The summed E-state index contributed by atoms with van der Waals surface area (Å²) in [5.41, 5.74) is 2.71. The number of aromatic amines is 1. The highest BCUT2D eigenvalue weighted by atomic mass is 32.1. The topological polar surface area (TPSA) is 66.1 Å². The van der Waals surface area contributed by atoms with Crippen LogP contribution in [0, 0.1) is 6.92 Å². The zero-order valence-electron chi connectivity index (χ0n) is 17.3. The van der Waals surface area contributed by atoms with Crippen LogP contribution in [0.1, 0.15) is 49.9 Å². The van der Waals surface area contributed by atoms with Gasteiger partial charge in [0.25, 0.3) is 11.5 Å². The van der Waals surface area contributed by atoms with Crippen molar-refractivity contribution in [2.45, 2.75) is 45.7 Å². The minimum absolute atomic E-state index is 0.0558. The Morgan fingerprint density at radius 1 is 1.13 bits per heavy atom. The van der Waals surface area contributed by atoms with Gasteiger partial charge in [-0.25, -0.2) is 4.98 Å². The van der Waals surface area contributed by atoms with Gasteiger partial charge in [0.15, 0.2) is 0 Å². The predicted octanol–water partition coefficient (Wildman–Crippen LogP) is 5.08. The standard InChI is InChI=1S/C24H23N3O2S2/c1-15-7-2-3-9-17(15)24(29)27(13-16-8-6-12-30-16)14-20-25-22(28)21-18-10-4-5-11-19(18)31-23(21)26-20/h2-3,6-9,12H,4-5,10-11,13-14H2,1H3,(H,25,26,28). The summed E-state index contributed by atoms with van der Waals surface area (Å²) in [6.45, 7) is 2.69. The summed E-state index contributed by atoms with van der Waals surface area (Å²) in [5, 5.41) is 2.76. The number of rotatable bonds is 5. The number of aromatic nitrogens is 2. The van der Waals surface area contributed by atoms with Gasteiger partial charge in [-0.05, 0) is 61.2 Å². The molecule has 3 heterocycles. The number of H-pyrrole nitrogens is 1. The first-order chi connectivity index (χ1) is 15.1. The third kappa shape index (κ3) is 3.95. The zero-order chi connectivity index (χ0) is 21.4. The van der Waals surface area contributed by atoms with Crippen molar-refractivity contribution in [3.63, 3.8) is 0 Å². The number of aryl methyl sites for hydroxylation is 3. The van der Waals surface area contributed by atoms with Gasteiger partial charge >= 0.3 is 0 Å². The molecule has 0 aliphatic heterocycles. The molecule has 7 heteroatoms. The first kappa shape index (κ1) is 20.2. The largest absolute Gasteiger partial charge is 0.326 e. The van der Waals surface area contributed by atoms with Crippen molar-refractivity contribution >= 4 is 38.8 Å². The third-order valence-electron chi connectivity index (χ3n) is 5.80. The Kier molecular flexibility index (Phi) is 5.46. The number of carbonyl (C=O) groups excluding carboxylic acids is 1. The molecule has 1 aliphatic rings. The Bertz CT molecular complexity index is 1300. The highest BCUT2D eigenvalue weighted by Gasteiger charge is 2.23. The molecule has 1 aliphatic carbocycles. The zero-order valence-corrected chi connectivity index (χ0v) is 18.9. The summed E-state index contributed by atoms with van der Waals surface area (Å²) in [5.74, 6) is 0.481. The van der Waals surface area contributed by atoms with E-state index in [0.717, 1.165) is 39.9 Å². The van der Waals surface area contributed by atoms with E-state index in [1.165, 1.54) is 16.9 Å². The average Bonchev–Trinajstić information content (AvgIpc) is 3.40. The van der Waals surface area contributed by atoms with Crippen LogP contribution in [0.2, 0.25) is 0 Å². The average molecular weight is 450 g/mol. The number of carbonyl (C=O) groups is 1. The molecule has 4 aromatic rings. The number of nitrogens with zero attached hydrogens (tertiary/aromatic N) is 2. The molecule has 0 fully saturated rings. The Balaban J connectivity index is 1.51. The summed E-state index contributed by atoms with van der Waals surface area (Å²) < 4.78 is 0. The van der Waals surface area contributed by atoms with Gasteiger partial charge < -0.3 is 9.88 Å². The number of fused-ring (bicyclic) bond motifs is 3. The fourth-order valence-corrected chi connectivity index (χ4v) is 6.24. The van der Waals surface area contributed by atoms with Crippen LogP contribution in [0.15, 0.2) is 46.6 Å². The van der Waals surface area contributed by atoms with E-state index in [1.807, 2.05) is 48.7 Å². The van der Waals surface area contributed by atoms with Crippen molar-refractivity contribution in [3.8, 4) is 0 Å². The quantitative estimate of drug-likeness (QED) is 0.462. The first-order valence-corrected chi connectivity index (χ1v) is 12.2. The van der Waals surface area contributed by atoms with E-state index in [1.54, 1.807) is 27.6 Å². The lowest BCUT2D eigenvalue weighted by molar-refractivity contribution is 0.0726. The van der Waals surface area contributed by atoms with Gasteiger partial charge in [0.1, 0.15) is 10.7 Å². The summed E-state index contributed by atoms with van der Waals surface area (Å²) in [6, 6.07) is 11.6. The molecular formula is C24H23N3O2S2. The van der Waals surface area contributed by atoms with Gasteiger partial charge in [0, 0.05) is 15.3 Å². The molecule has 0 saturated carbocycles. The van der Waals surface area contributed by atoms with Crippen molar-refractivity contribution < 1.29 is 4.79 Å². The Labute approximate surface area is 188 Å². The van der Waals surface area contributed by atoms with Crippen molar-refractivity contribution in [1.82, 2.24) is 14.9 Å². The van der Waals surface area contributed by atoms with Crippen LogP contribution in [-0.4, -0.2) is 20.8 Å². The van der Waals surface area contributed by atoms with E-state index >= 15 is 0 Å². The second kappa shape index (κ2) is 8.40. The molecule has 1 aromatic carbocycles. The van der Waals surface area contributed by atoms with Gasteiger partial charge in [-0.2, -0.15) is 0 Å². The van der Waals surface area contributed by atoms with E-state index in [0.29, 0.717) is 17.9 Å². The van der Waals surface area contributed by atoms with E-state index in [4.69, 9.17) is 4.98 Å². The molecule has 0 bridgehead atoms. The van der Waals surface area contributed by atoms with Gasteiger partial charge in [-0.15, -0.1) is 22.7 Å². The van der Waals surface area contributed by atoms with Crippen LogP contribution < -0.4 is 5.56 Å². The maximum atomic E-state index is 13.4. The smallest absolute Gasteiger partial charge is 0.259 e. The number of nitrogens with one attached hydrogen (secondary N) is 1. The third-order valence-corrected chi connectivity index (χ3v) is 7.85. The highest BCUT2D eigenvalue weighted by molar-refractivity contribution is 7.18. The lowest BCUT2D eigenvalue weighted by Gasteiger charge is -2.22. The van der Waals surface area contributed by atoms with Crippen molar-refractivity contribution in [2.75, 3.05) is 0 Å². The molecule has 5 rings (SSSR count). The highest BCUT2D eigenvalue weighted by Crippen LogP contribution is 2.33. The van der Waals surface area contributed by atoms with Crippen molar-refractivity contribution in [2.24, 2.45) is 0 Å². The van der Waals surface area contributed by atoms with E-state index in [-0.39, 0.29) is 18.0 Å². The molecule has 1 N–H and O–H groups in total. The minimum atomic E-state index is -0.0844. The van der Waals surface area contributed by atoms with Crippen LogP contribution in [0.5, 0.6) is 0 Å². The summed E-state index contributed by atoms with van der Waals surface area (Å²) in [7, 11) is 0. The molecule has 5 nitrogen and oxygen atoms in total. The monoisotopic (exact) mass is 449 g/mol. The van der Waals surface area contributed by atoms with E-state index in [2.05, 4.69) is 4.98 Å². The second-order valence-electron chi connectivity index (χ2n) is 7.96. The van der Waals surface area contributed by atoms with Crippen LogP contribution >= 0.6 is 22.7 Å². The maximum Gasteiger partial charge on any atom is 0.259 e. The molecule has 3 aromatic heterocycles. The fraction of sp³-hybridized carbons (Fsp3) is 0.292. The molecule has 158 valence electrons. The van der Waals surface area contributed by atoms with Crippen LogP contribution in [0.3, 0.4) is 0 Å². The van der Waals surface area contributed by atoms with Crippen molar-refractivity contribution in [1.29, 1.82) is 0 Å². The van der Waals surface area contributed by atoms with Crippen LogP contribution in [0.25, 0.3) is 10.2 Å². The molecule has 0 saturated heterocycles.